The first kappa shape index (κ1) is 13.8. The lowest BCUT2D eigenvalue weighted by molar-refractivity contribution is 0.457. The Labute approximate surface area is 118 Å². The summed E-state index contributed by atoms with van der Waals surface area (Å²) < 4.78 is 5.74. The summed E-state index contributed by atoms with van der Waals surface area (Å²) in [6.45, 7) is 8.35. The van der Waals surface area contributed by atoms with Crippen molar-refractivity contribution in [3.8, 4) is 11.6 Å². The van der Waals surface area contributed by atoms with E-state index in [9.17, 15) is 0 Å². The molecule has 0 bridgehead atoms. The summed E-state index contributed by atoms with van der Waals surface area (Å²) in [7, 11) is 0. The molecule has 19 heavy (non-hydrogen) atoms. The third-order valence-electron chi connectivity index (χ3n) is 2.73. The SMILES string of the molecule is Cc1cc(Oc2cccc(C(C)(C)C)c2)nc(Cl)n1. The van der Waals surface area contributed by atoms with Gasteiger partial charge in [0.1, 0.15) is 5.75 Å². The van der Waals surface area contributed by atoms with E-state index in [1.54, 1.807) is 6.07 Å². The molecule has 4 heteroatoms. The minimum atomic E-state index is 0.0819. The van der Waals surface area contributed by atoms with E-state index < -0.39 is 0 Å². The van der Waals surface area contributed by atoms with Crippen LogP contribution in [-0.2, 0) is 5.41 Å². The monoisotopic (exact) mass is 276 g/mol. The lowest BCUT2D eigenvalue weighted by atomic mass is 9.87. The Morgan fingerprint density at radius 1 is 1.11 bits per heavy atom. The molecule has 0 aliphatic heterocycles. The van der Waals surface area contributed by atoms with Gasteiger partial charge < -0.3 is 4.74 Å². The predicted octanol–water partition coefficient (Wildman–Crippen LogP) is 4.53. The molecule has 0 N–H and O–H groups in total. The van der Waals surface area contributed by atoms with Crippen molar-refractivity contribution in [1.29, 1.82) is 0 Å². The minimum absolute atomic E-state index is 0.0819. The molecule has 0 saturated carbocycles. The third kappa shape index (κ3) is 3.67. The van der Waals surface area contributed by atoms with Crippen LogP contribution in [0.1, 0.15) is 32.0 Å². The molecule has 0 fully saturated rings. The van der Waals surface area contributed by atoms with Crippen LogP contribution in [0.5, 0.6) is 11.6 Å². The second-order valence-electron chi connectivity index (χ2n) is 5.50. The first-order chi connectivity index (χ1) is 8.84. The zero-order valence-corrected chi connectivity index (χ0v) is 12.3. The van der Waals surface area contributed by atoms with Crippen LogP contribution in [0.3, 0.4) is 0 Å². The summed E-state index contributed by atoms with van der Waals surface area (Å²) in [5.41, 5.74) is 2.07. The molecule has 0 unspecified atom stereocenters. The fourth-order valence-corrected chi connectivity index (χ4v) is 1.92. The van der Waals surface area contributed by atoms with Gasteiger partial charge in [0, 0.05) is 11.8 Å². The first-order valence-electron chi connectivity index (χ1n) is 6.14. The Balaban J connectivity index is 2.28. The number of benzene rings is 1. The second kappa shape index (κ2) is 5.17. The van der Waals surface area contributed by atoms with E-state index in [1.165, 1.54) is 5.56 Å². The number of nitrogens with zero attached hydrogens (tertiary/aromatic N) is 2. The molecule has 0 atom stereocenters. The number of halogens is 1. The summed E-state index contributed by atoms with van der Waals surface area (Å²) in [5, 5.41) is 0.196. The van der Waals surface area contributed by atoms with E-state index >= 15 is 0 Å². The van der Waals surface area contributed by atoms with Gasteiger partial charge in [-0.05, 0) is 41.6 Å². The van der Waals surface area contributed by atoms with Gasteiger partial charge in [-0.25, -0.2) is 4.98 Å². The molecule has 0 aliphatic rings. The summed E-state index contributed by atoms with van der Waals surface area (Å²) >= 11 is 5.82. The van der Waals surface area contributed by atoms with E-state index in [1.807, 2.05) is 25.1 Å². The smallest absolute Gasteiger partial charge is 0.225 e. The van der Waals surface area contributed by atoms with Gasteiger partial charge in [0.05, 0.1) is 0 Å². The second-order valence-corrected chi connectivity index (χ2v) is 5.83. The van der Waals surface area contributed by atoms with Gasteiger partial charge in [-0.15, -0.1) is 0 Å². The van der Waals surface area contributed by atoms with E-state index in [-0.39, 0.29) is 10.7 Å². The molecule has 2 rings (SSSR count). The highest BCUT2D eigenvalue weighted by molar-refractivity contribution is 6.28. The Kier molecular flexibility index (Phi) is 3.76. The number of aromatic nitrogens is 2. The highest BCUT2D eigenvalue weighted by Gasteiger charge is 2.14. The highest BCUT2D eigenvalue weighted by Crippen LogP contribution is 2.28. The molecular weight excluding hydrogens is 260 g/mol. The van der Waals surface area contributed by atoms with Crippen LogP contribution in [0.15, 0.2) is 30.3 Å². The van der Waals surface area contributed by atoms with Crippen LogP contribution in [-0.4, -0.2) is 9.97 Å². The van der Waals surface area contributed by atoms with Crippen LogP contribution in [0, 0.1) is 6.92 Å². The molecule has 1 aromatic carbocycles. The summed E-state index contributed by atoms with van der Waals surface area (Å²) in [6, 6.07) is 9.75. The Bertz CT molecular complexity index is 571. The van der Waals surface area contributed by atoms with Gasteiger partial charge in [-0.2, -0.15) is 4.98 Å². The zero-order chi connectivity index (χ0) is 14.0. The minimum Gasteiger partial charge on any atom is -0.439 e. The maximum absolute atomic E-state index is 5.82. The standard InChI is InChI=1S/C15H17ClN2O/c1-10-8-13(18-14(16)17-10)19-12-7-5-6-11(9-12)15(2,3)4/h5-9H,1-4H3. The quantitative estimate of drug-likeness (QED) is 0.756. The van der Waals surface area contributed by atoms with Crippen LogP contribution >= 0.6 is 11.6 Å². The van der Waals surface area contributed by atoms with Gasteiger partial charge in [-0.3, -0.25) is 0 Å². The number of aryl methyl sites for hydroxylation is 1. The topological polar surface area (TPSA) is 35.0 Å². The van der Waals surface area contributed by atoms with E-state index in [4.69, 9.17) is 16.3 Å². The fraction of sp³-hybridized carbons (Fsp3) is 0.333. The van der Waals surface area contributed by atoms with Crippen molar-refractivity contribution in [1.82, 2.24) is 9.97 Å². The average molecular weight is 277 g/mol. The maximum atomic E-state index is 5.82. The molecule has 0 radical (unpaired) electrons. The van der Waals surface area contributed by atoms with Crippen molar-refractivity contribution in [2.24, 2.45) is 0 Å². The molecular formula is C15H17ClN2O. The Morgan fingerprint density at radius 3 is 2.47 bits per heavy atom. The third-order valence-corrected chi connectivity index (χ3v) is 2.89. The first-order valence-corrected chi connectivity index (χ1v) is 6.52. The van der Waals surface area contributed by atoms with E-state index in [0.29, 0.717) is 5.88 Å². The van der Waals surface area contributed by atoms with Crippen LogP contribution in [0.25, 0.3) is 0 Å². The molecule has 0 aliphatic carbocycles. The van der Waals surface area contributed by atoms with Crippen molar-refractivity contribution in [2.75, 3.05) is 0 Å². The summed E-state index contributed by atoms with van der Waals surface area (Å²) in [5.74, 6) is 1.21. The van der Waals surface area contributed by atoms with Crippen molar-refractivity contribution in [3.63, 3.8) is 0 Å². The fourth-order valence-electron chi connectivity index (χ4n) is 1.70. The zero-order valence-electron chi connectivity index (χ0n) is 11.6. The van der Waals surface area contributed by atoms with Crippen LogP contribution < -0.4 is 4.74 Å². The highest BCUT2D eigenvalue weighted by atomic mass is 35.5. The molecule has 1 heterocycles. The number of hydrogen-bond donors (Lipinski definition) is 0. The molecule has 2 aromatic rings. The Morgan fingerprint density at radius 2 is 1.84 bits per heavy atom. The van der Waals surface area contributed by atoms with Crippen molar-refractivity contribution in [2.45, 2.75) is 33.1 Å². The van der Waals surface area contributed by atoms with Gasteiger partial charge in [0.2, 0.25) is 11.2 Å². The molecule has 0 saturated heterocycles. The van der Waals surface area contributed by atoms with E-state index in [0.717, 1.165) is 11.4 Å². The Hall–Kier alpha value is -1.61. The maximum Gasteiger partial charge on any atom is 0.225 e. The molecule has 0 spiro atoms. The van der Waals surface area contributed by atoms with Crippen molar-refractivity contribution in [3.05, 3.63) is 46.9 Å². The van der Waals surface area contributed by atoms with Crippen LogP contribution in [0.4, 0.5) is 0 Å². The largest absolute Gasteiger partial charge is 0.439 e. The normalized spacial score (nSPS) is 11.4. The van der Waals surface area contributed by atoms with E-state index in [2.05, 4.69) is 36.8 Å². The molecule has 3 nitrogen and oxygen atoms in total. The molecule has 100 valence electrons. The summed E-state index contributed by atoms with van der Waals surface area (Å²) in [4.78, 5) is 8.06. The number of ether oxygens (including phenoxy) is 1. The van der Waals surface area contributed by atoms with Gasteiger partial charge in [-0.1, -0.05) is 32.9 Å². The number of rotatable bonds is 2. The van der Waals surface area contributed by atoms with Crippen LogP contribution in [0.2, 0.25) is 5.28 Å². The predicted molar refractivity (Wildman–Crippen MR) is 77.0 cm³/mol. The molecule has 1 aromatic heterocycles. The van der Waals surface area contributed by atoms with Crippen molar-refractivity contribution >= 4 is 11.6 Å². The summed E-state index contributed by atoms with van der Waals surface area (Å²) in [6.07, 6.45) is 0. The van der Waals surface area contributed by atoms with Crippen molar-refractivity contribution < 1.29 is 4.74 Å². The lowest BCUT2D eigenvalue weighted by Gasteiger charge is -2.19. The number of hydrogen-bond acceptors (Lipinski definition) is 3. The average Bonchev–Trinajstić information content (AvgIpc) is 2.26. The van der Waals surface area contributed by atoms with Gasteiger partial charge >= 0.3 is 0 Å². The van der Waals surface area contributed by atoms with Gasteiger partial charge in [0.25, 0.3) is 0 Å². The lowest BCUT2D eigenvalue weighted by Crippen LogP contribution is -2.10. The molecule has 0 amide bonds. The van der Waals surface area contributed by atoms with Gasteiger partial charge in [0.15, 0.2) is 0 Å².